The molecule has 3 nitrogen and oxygen atoms in total. The lowest BCUT2D eigenvalue weighted by molar-refractivity contribution is 0.176. The Morgan fingerprint density at radius 2 is 1.86 bits per heavy atom. The molecule has 3 rings (SSSR count). The molecule has 3 heteroatoms. The van der Waals surface area contributed by atoms with Gasteiger partial charge in [-0.3, -0.25) is 4.90 Å². The van der Waals surface area contributed by atoms with Gasteiger partial charge >= 0.3 is 0 Å². The fraction of sp³-hybridized carbons (Fsp3) is 0.611. The fourth-order valence-corrected chi connectivity index (χ4v) is 3.88. The van der Waals surface area contributed by atoms with Crippen molar-refractivity contribution in [2.45, 2.75) is 39.2 Å². The molecule has 1 aromatic rings. The molecule has 1 aliphatic carbocycles. The zero-order chi connectivity index (χ0) is 14.9. The Labute approximate surface area is 128 Å². The second kappa shape index (κ2) is 5.69. The van der Waals surface area contributed by atoms with Crippen molar-refractivity contribution in [2.75, 3.05) is 31.1 Å². The number of benzene rings is 1. The molecule has 1 heterocycles. The Morgan fingerprint density at radius 1 is 1.14 bits per heavy atom. The number of piperazine rings is 1. The molecule has 2 aliphatic rings. The van der Waals surface area contributed by atoms with E-state index in [1.165, 1.54) is 19.3 Å². The third-order valence-corrected chi connectivity index (χ3v) is 5.14. The highest BCUT2D eigenvalue weighted by atomic mass is 15.3. The molecule has 1 saturated heterocycles. The molecule has 21 heavy (non-hydrogen) atoms. The lowest BCUT2D eigenvalue weighted by Crippen LogP contribution is -2.50. The van der Waals surface area contributed by atoms with Crippen LogP contribution in [-0.2, 0) is 0 Å². The molecule has 1 atom stereocenters. The third kappa shape index (κ3) is 3.06. The molecule has 0 bridgehead atoms. The summed E-state index contributed by atoms with van der Waals surface area (Å²) in [5, 5.41) is 9.24. The van der Waals surface area contributed by atoms with Crippen LogP contribution in [0.1, 0.15) is 38.7 Å². The van der Waals surface area contributed by atoms with Crippen LogP contribution in [0.2, 0.25) is 0 Å². The van der Waals surface area contributed by atoms with Crippen molar-refractivity contribution < 1.29 is 0 Å². The summed E-state index contributed by atoms with van der Waals surface area (Å²) in [6.07, 6.45) is 4.04. The van der Waals surface area contributed by atoms with Gasteiger partial charge in [0.15, 0.2) is 0 Å². The number of nitrogens with zero attached hydrogens (tertiary/aromatic N) is 3. The minimum absolute atomic E-state index is 0.523. The summed E-state index contributed by atoms with van der Waals surface area (Å²) in [5.74, 6) is 0. The lowest BCUT2D eigenvalue weighted by Gasteiger charge is -2.39. The summed E-state index contributed by atoms with van der Waals surface area (Å²) in [5.41, 5.74) is 2.43. The Hall–Kier alpha value is -1.53. The fourth-order valence-electron chi connectivity index (χ4n) is 3.88. The first-order chi connectivity index (χ1) is 10.1. The summed E-state index contributed by atoms with van der Waals surface area (Å²) >= 11 is 0. The number of rotatable bonds is 2. The van der Waals surface area contributed by atoms with Gasteiger partial charge in [0.25, 0.3) is 0 Å². The SMILES string of the molecule is CC1(C)CCC(N2CCN(c3ccccc3C#N)CC2)C1. The van der Waals surface area contributed by atoms with Gasteiger partial charge in [-0.15, -0.1) is 0 Å². The van der Waals surface area contributed by atoms with Gasteiger partial charge in [0.1, 0.15) is 6.07 Å². The van der Waals surface area contributed by atoms with Gasteiger partial charge in [-0.1, -0.05) is 26.0 Å². The minimum atomic E-state index is 0.523. The van der Waals surface area contributed by atoms with Crippen molar-refractivity contribution in [3.8, 4) is 6.07 Å². The van der Waals surface area contributed by atoms with Crippen LogP contribution in [0.4, 0.5) is 5.69 Å². The molecule has 0 spiro atoms. The molecule has 0 amide bonds. The average Bonchev–Trinajstić information content (AvgIpc) is 2.87. The van der Waals surface area contributed by atoms with Crippen molar-refractivity contribution in [1.29, 1.82) is 5.26 Å². The quantitative estimate of drug-likeness (QED) is 0.834. The summed E-state index contributed by atoms with van der Waals surface area (Å²) in [7, 11) is 0. The van der Waals surface area contributed by atoms with Crippen molar-refractivity contribution in [1.82, 2.24) is 4.90 Å². The summed E-state index contributed by atoms with van der Waals surface area (Å²) in [6.45, 7) is 9.12. The van der Waals surface area contributed by atoms with E-state index in [0.717, 1.165) is 43.5 Å². The largest absolute Gasteiger partial charge is 0.368 e. The Morgan fingerprint density at radius 3 is 2.48 bits per heavy atom. The average molecular weight is 283 g/mol. The van der Waals surface area contributed by atoms with Gasteiger partial charge in [-0.2, -0.15) is 5.26 Å². The van der Waals surface area contributed by atoms with Gasteiger partial charge < -0.3 is 4.90 Å². The summed E-state index contributed by atoms with van der Waals surface area (Å²) in [4.78, 5) is 5.04. The highest BCUT2D eigenvalue weighted by molar-refractivity contribution is 5.59. The van der Waals surface area contributed by atoms with Crippen LogP contribution in [-0.4, -0.2) is 37.1 Å². The minimum Gasteiger partial charge on any atom is -0.368 e. The van der Waals surface area contributed by atoms with Crippen LogP contribution in [0.15, 0.2) is 24.3 Å². The number of anilines is 1. The monoisotopic (exact) mass is 283 g/mol. The number of hydrogen-bond acceptors (Lipinski definition) is 3. The summed E-state index contributed by atoms with van der Waals surface area (Å²) in [6, 6.07) is 11.1. The maximum absolute atomic E-state index is 9.24. The van der Waals surface area contributed by atoms with Gasteiger partial charge in [-0.05, 0) is 36.8 Å². The third-order valence-electron chi connectivity index (χ3n) is 5.14. The van der Waals surface area contributed by atoms with E-state index in [0.29, 0.717) is 5.41 Å². The Kier molecular flexibility index (Phi) is 3.91. The molecule has 112 valence electrons. The topological polar surface area (TPSA) is 30.3 Å². The van der Waals surface area contributed by atoms with E-state index >= 15 is 0 Å². The molecule has 1 aromatic carbocycles. The lowest BCUT2D eigenvalue weighted by atomic mass is 9.91. The van der Waals surface area contributed by atoms with Crippen LogP contribution in [0.3, 0.4) is 0 Å². The van der Waals surface area contributed by atoms with E-state index in [9.17, 15) is 5.26 Å². The first kappa shape index (κ1) is 14.4. The van der Waals surface area contributed by atoms with E-state index in [1.54, 1.807) is 0 Å². The van der Waals surface area contributed by atoms with Crippen molar-refractivity contribution in [3.05, 3.63) is 29.8 Å². The summed E-state index contributed by atoms with van der Waals surface area (Å²) < 4.78 is 0. The van der Waals surface area contributed by atoms with Crippen LogP contribution < -0.4 is 4.90 Å². The number of hydrogen-bond donors (Lipinski definition) is 0. The molecule has 0 aromatic heterocycles. The Bertz CT molecular complexity index is 536. The molecule has 0 radical (unpaired) electrons. The van der Waals surface area contributed by atoms with Crippen LogP contribution in [0.25, 0.3) is 0 Å². The molecule has 1 aliphatic heterocycles. The highest BCUT2D eigenvalue weighted by Crippen LogP contribution is 2.39. The number of nitriles is 1. The normalized spacial score (nSPS) is 25.8. The van der Waals surface area contributed by atoms with Crippen LogP contribution in [0, 0.1) is 16.7 Å². The zero-order valence-electron chi connectivity index (χ0n) is 13.2. The first-order valence-electron chi connectivity index (χ1n) is 8.07. The predicted octanol–water partition coefficient (Wildman–Crippen LogP) is 3.26. The second-order valence-electron chi connectivity index (χ2n) is 7.21. The van der Waals surface area contributed by atoms with E-state index in [2.05, 4.69) is 35.8 Å². The number of para-hydroxylation sites is 1. The molecule has 2 fully saturated rings. The highest BCUT2D eigenvalue weighted by Gasteiger charge is 2.35. The van der Waals surface area contributed by atoms with Crippen molar-refractivity contribution >= 4 is 5.69 Å². The standard InChI is InChI=1S/C18H25N3/c1-18(2)8-7-16(13-18)20-9-11-21(12-10-20)17-6-4-3-5-15(17)14-19/h3-6,16H,7-13H2,1-2H3. The maximum Gasteiger partial charge on any atom is 0.101 e. The second-order valence-corrected chi connectivity index (χ2v) is 7.21. The van der Waals surface area contributed by atoms with Crippen molar-refractivity contribution in [2.24, 2.45) is 5.41 Å². The van der Waals surface area contributed by atoms with E-state index < -0.39 is 0 Å². The van der Waals surface area contributed by atoms with Gasteiger partial charge in [0.2, 0.25) is 0 Å². The van der Waals surface area contributed by atoms with Gasteiger partial charge in [-0.25, -0.2) is 0 Å². The van der Waals surface area contributed by atoms with E-state index in [-0.39, 0.29) is 0 Å². The van der Waals surface area contributed by atoms with E-state index in [1.807, 2.05) is 18.2 Å². The molecule has 1 unspecified atom stereocenters. The first-order valence-corrected chi connectivity index (χ1v) is 8.07. The molecular weight excluding hydrogens is 258 g/mol. The predicted molar refractivity (Wildman–Crippen MR) is 86.4 cm³/mol. The van der Waals surface area contributed by atoms with Gasteiger partial charge in [0.05, 0.1) is 11.3 Å². The van der Waals surface area contributed by atoms with Crippen LogP contribution in [0.5, 0.6) is 0 Å². The van der Waals surface area contributed by atoms with Gasteiger partial charge in [0, 0.05) is 32.2 Å². The van der Waals surface area contributed by atoms with Crippen molar-refractivity contribution in [3.63, 3.8) is 0 Å². The maximum atomic E-state index is 9.24. The van der Waals surface area contributed by atoms with Crippen LogP contribution >= 0.6 is 0 Å². The molecule has 1 saturated carbocycles. The Balaban J connectivity index is 1.62. The molecule has 0 N–H and O–H groups in total. The molecular formula is C18H25N3. The smallest absolute Gasteiger partial charge is 0.101 e. The zero-order valence-corrected chi connectivity index (χ0v) is 13.2. The van der Waals surface area contributed by atoms with E-state index in [4.69, 9.17) is 0 Å².